The van der Waals surface area contributed by atoms with Gasteiger partial charge in [0.25, 0.3) is 5.91 Å². The molecule has 4 N–H and O–H groups in total. The minimum atomic E-state index is -4.95. The number of carbonyl (C=O) groups excluding carboxylic acids is 2. The van der Waals surface area contributed by atoms with Gasteiger partial charge in [0.1, 0.15) is 0 Å². The van der Waals surface area contributed by atoms with E-state index in [1.54, 1.807) is 6.07 Å². The summed E-state index contributed by atoms with van der Waals surface area (Å²) < 4.78 is 37.3. The average Bonchev–Trinajstić information content (AvgIpc) is 2.42. The monoisotopic (exact) mass is 347 g/mol. The lowest BCUT2D eigenvalue weighted by Crippen LogP contribution is -2.50. The maximum Gasteiger partial charge on any atom is 0.417 e. The molecule has 0 aliphatic carbocycles. The van der Waals surface area contributed by atoms with Gasteiger partial charge in [-0.1, -0.05) is 17.7 Å². The molecular weight excluding hydrogens is 327 g/mol. The summed E-state index contributed by atoms with van der Waals surface area (Å²) in [5, 5.41) is 12.0. The van der Waals surface area contributed by atoms with E-state index in [0.29, 0.717) is 6.92 Å². The van der Waals surface area contributed by atoms with Crippen LogP contribution in [0.5, 0.6) is 0 Å². The molecule has 1 aromatic carbocycles. The van der Waals surface area contributed by atoms with Crippen molar-refractivity contribution < 1.29 is 27.9 Å². The van der Waals surface area contributed by atoms with Crippen LogP contribution in [-0.2, 0) is 9.59 Å². The molecule has 24 heavy (non-hydrogen) atoms. The lowest BCUT2D eigenvalue weighted by Gasteiger charge is -2.25. The third-order valence-electron chi connectivity index (χ3n) is 3.28. The van der Waals surface area contributed by atoms with Crippen LogP contribution in [0.3, 0.4) is 0 Å². The van der Waals surface area contributed by atoms with Crippen LogP contribution in [0.2, 0.25) is 0 Å². The molecule has 1 atom stereocenters. The topological polar surface area (TPSA) is 90.5 Å². The Morgan fingerprint density at radius 1 is 1.12 bits per heavy atom. The van der Waals surface area contributed by atoms with Gasteiger partial charge in [-0.2, -0.15) is 13.2 Å². The van der Waals surface area contributed by atoms with Crippen molar-refractivity contribution in [1.29, 1.82) is 0 Å². The highest BCUT2D eigenvalue weighted by atomic mass is 19.4. The number of hydrazine groups is 1. The third-order valence-corrected chi connectivity index (χ3v) is 3.28. The predicted octanol–water partition coefficient (Wildman–Crippen LogP) is 1.57. The lowest BCUT2D eigenvalue weighted by molar-refractivity contribution is -0.253. The molecule has 0 heterocycles. The van der Waals surface area contributed by atoms with Crippen LogP contribution in [0.1, 0.15) is 24.5 Å². The van der Waals surface area contributed by atoms with Gasteiger partial charge >= 0.3 is 6.18 Å². The van der Waals surface area contributed by atoms with Gasteiger partial charge in [-0.3, -0.25) is 20.4 Å². The van der Waals surface area contributed by atoms with E-state index < -0.39 is 30.0 Å². The van der Waals surface area contributed by atoms with Gasteiger partial charge in [0, 0.05) is 5.69 Å². The molecule has 134 valence electrons. The summed E-state index contributed by atoms with van der Waals surface area (Å²) in [6.45, 7) is 4.08. The first-order chi connectivity index (χ1) is 10.9. The van der Waals surface area contributed by atoms with Crippen molar-refractivity contribution in [1.82, 2.24) is 10.9 Å². The number of amides is 2. The fraction of sp³-hybridized carbons (Fsp3) is 0.467. The summed E-state index contributed by atoms with van der Waals surface area (Å²) in [4.78, 5) is 23.0. The number of nitrogens with one attached hydrogen (secondary N) is 3. The minimum absolute atomic E-state index is 0.181. The molecule has 0 saturated heterocycles. The van der Waals surface area contributed by atoms with Crippen LogP contribution >= 0.6 is 0 Å². The first-order valence-corrected chi connectivity index (χ1v) is 7.10. The summed E-state index contributed by atoms with van der Waals surface area (Å²) in [6.07, 6.45) is -6.17. The van der Waals surface area contributed by atoms with Crippen molar-refractivity contribution in [2.75, 3.05) is 11.9 Å². The molecule has 9 heteroatoms. The van der Waals surface area contributed by atoms with Crippen molar-refractivity contribution in [3.05, 3.63) is 29.3 Å². The molecule has 0 radical (unpaired) electrons. The highest BCUT2D eigenvalue weighted by Gasteiger charge is 2.51. The van der Waals surface area contributed by atoms with E-state index in [-0.39, 0.29) is 6.54 Å². The molecule has 0 aromatic heterocycles. The van der Waals surface area contributed by atoms with Crippen LogP contribution in [-0.4, -0.2) is 35.2 Å². The third kappa shape index (κ3) is 5.73. The van der Waals surface area contributed by atoms with Gasteiger partial charge in [0.15, 0.2) is 5.60 Å². The van der Waals surface area contributed by atoms with Gasteiger partial charge < -0.3 is 10.4 Å². The Hall–Kier alpha value is -2.29. The normalized spacial score (nSPS) is 13.8. The van der Waals surface area contributed by atoms with E-state index in [1.165, 1.54) is 0 Å². The average molecular weight is 347 g/mol. The van der Waals surface area contributed by atoms with E-state index in [0.717, 1.165) is 16.8 Å². The zero-order valence-corrected chi connectivity index (χ0v) is 13.5. The lowest BCUT2D eigenvalue weighted by atomic mass is 10.0. The number of benzene rings is 1. The second-order valence-corrected chi connectivity index (χ2v) is 5.72. The highest BCUT2D eigenvalue weighted by Crippen LogP contribution is 2.32. The smallest absolute Gasteiger partial charge is 0.380 e. The van der Waals surface area contributed by atoms with Crippen LogP contribution < -0.4 is 16.2 Å². The van der Waals surface area contributed by atoms with Crippen LogP contribution in [0.15, 0.2) is 18.2 Å². The molecule has 1 aromatic rings. The van der Waals surface area contributed by atoms with E-state index in [9.17, 15) is 27.9 Å². The first kappa shape index (κ1) is 19.8. The number of hydrogen-bond donors (Lipinski definition) is 4. The van der Waals surface area contributed by atoms with Gasteiger partial charge in [-0.15, -0.1) is 0 Å². The number of aryl methyl sites for hydroxylation is 2. The van der Waals surface area contributed by atoms with Crippen molar-refractivity contribution in [2.24, 2.45) is 0 Å². The summed E-state index contributed by atoms with van der Waals surface area (Å²) in [5.74, 6) is -1.80. The summed E-state index contributed by atoms with van der Waals surface area (Å²) in [5.41, 5.74) is 3.35. The zero-order chi connectivity index (χ0) is 18.5. The van der Waals surface area contributed by atoms with Gasteiger partial charge in [-0.25, -0.2) is 0 Å². The number of alkyl halides is 3. The summed E-state index contributed by atoms with van der Waals surface area (Å²) >= 11 is 0. The van der Waals surface area contributed by atoms with Gasteiger partial charge in [0.2, 0.25) is 5.91 Å². The van der Waals surface area contributed by atoms with E-state index in [2.05, 4.69) is 5.32 Å². The van der Waals surface area contributed by atoms with E-state index in [4.69, 9.17) is 0 Å². The molecule has 0 saturated carbocycles. The molecule has 0 aliphatic heterocycles. The second-order valence-electron chi connectivity index (χ2n) is 5.72. The van der Waals surface area contributed by atoms with Crippen molar-refractivity contribution in [3.63, 3.8) is 0 Å². The predicted molar refractivity (Wildman–Crippen MR) is 82.0 cm³/mol. The number of aliphatic hydroxyl groups is 1. The van der Waals surface area contributed by atoms with Gasteiger partial charge in [0.05, 0.1) is 13.0 Å². The van der Waals surface area contributed by atoms with Crippen LogP contribution in [0.4, 0.5) is 18.9 Å². The number of anilines is 1. The van der Waals surface area contributed by atoms with Gasteiger partial charge in [-0.05, 0) is 32.4 Å². The molecule has 6 nitrogen and oxygen atoms in total. The van der Waals surface area contributed by atoms with E-state index in [1.807, 2.05) is 36.8 Å². The molecule has 0 spiro atoms. The van der Waals surface area contributed by atoms with Crippen molar-refractivity contribution in [3.8, 4) is 0 Å². The summed E-state index contributed by atoms with van der Waals surface area (Å²) in [6, 6.07) is 5.56. The Labute approximate surface area is 137 Å². The Morgan fingerprint density at radius 3 is 2.25 bits per heavy atom. The number of hydrogen-bond acceptors (Lipinski definition) is 4. The molecule has 2 amide bonds. The number of rotatable bonds is 5. The maximum absolute atomic E-state index is 12.4. The SMILES string of the molecule is Cc1ccc(NCC(=O)NNC(=O)C[C@](C)(O)C(F)(F)F)c(C)c1. The Morgan fingerprint density at radius 2 is 1.71 bits per heavy atom. The Kier molecular flexibility index (Phi) is 6.19. The maximum atomic E-state index is 12.4. The number of halogens is 3. The first-order valence-electron chi connectivity index (χ1n) is 7.10. The minimum Gasteiger partial charge on any atom is -0.380 e. The van der Waals surface area contributed by atoms with Crippen LogP contribution in [0, 0.1) is 13.8 Å². The molecule has 0 aliphatic rings. The molecular formula is C15H20F3N3O3. The van der Waals surface area contributed by atoms with Crippen molar-refractivity contribution >= 4 is 17.5 Å². The Balaban J connectivity index is 2.42. The summed E-state index contributed by atoms with van der Waals surface area (Å²) in [7, 11) is 0. The molecule has 0 unspecified atom stereocenters. The zero-order valence-electron chi connectivity index (χ0n) is 13.5. The number of carbonyl (C=O) groups is 2. The quantitative estimate of drug-likeness (QED) is 0.609. The fourth-order valence-corrected chi connectivity index (χ4v) is 1.83. The highest BCUT2D eigenvalue weighted by molar-refractivity contribution is 5.85. The molecule has 0 fully saturated rings. The standard InChI is InChI=1S/C15H20F3N3O3/c1-9-4-5-11(10(2)6-9)19-8-13(23)21-20-12(22)7-14(3,24)15(16,17)18/h4-6,19,24H,7-8H2,1-3H3,(H,20,22)(H,21,23)/t14-/m0/s1. The fourth-order valence-electron chi connectivity index (χ4n) is 1.83. The van der Waals surface area contributed by atoms with E-state index >= 15 is 0 Å². The second kappa shape index (κ2) is 7.52. The van der Waals surface area contributed by atoms with Crippen molar-refractivity contribution in [2.45, 2.75) is 39.0 Å². The Bertz CT molecular complexity index is 616. The molecule has 1 rings (SSSR count). The molecule has 0 bridgehead atoms. The van der Waals surface area contributed by atoms with Crippen LogP contribution in [0.25, 0.3) is 0 Å². The largest absolute Gasteiger partial charge is 0.417 e.